The van der Waals surface area contributed by atoms with Crippen LogP contribution < -0.4 is 4.72 Å². The molecule has 6 nitrogen and oxygen atoms in total. The molecule has 2 aromatic rings. The Morgan fingerprint density at radius 1 is 1.38 bits per heavy atom. The van der Waals surface area contributed by atoms with E-state index in [4.69, 9.17) is 11.6 Å². The van der Waals surface area contributed by atoms with Gasteiger partial charge in [-0.1, -0.05) is 11.6 Å². The number of benzene rings is 1. The SMILES string of the molecule is O=[N+]([O-])c1cc(S(=O)(=O)NCc2cc(Br)cs2)ccc1Cl. The van der Waals surface area contributed by atoms with Gasteiger partial charge in [-0.3, -0.25) is 10.1 Å². The number of hydrogen-bond donors (Lipinski definition) is 1. The van der Waals surface area contributed by atoms with Gasteiger partial charge in [0.2, 0.25) is 10.0 Å². The summed E-state index contributed by atoms with van der Waals surface area (Å²) in [5.41, 5.74) is -0.446. The summed E-state index contributed by atoms with van der Waals surface area (Å²) in [6.45, 7) is 0.106. The predicted molar refractivity (Wildman–Crippen MR) is 84.2 cm³/mol. The van der Waals surface area contributed by atoms with E-state index in [1.807, 2.05) is 5.38 Å². The largest absolute Gasteiger partial charge is 0.289 e. The molecule has 0 unspecified atom stereocenters. The Morgan fingerprint density at radius 3 is 2.67 bits per heavy atom. The Kier molecular flexibility index (Phi) is 4.99. The molecule has 112 valence electrons. The van der Waals surface area contributed by atoms with Crippen molar-refractivity contribution >= 4 is 54.6 Å². The molecule has 1 aromatic heterocycles. The van der Waals surface area contributed by atoms with Crippen LogP contribution in [0.5, 0.6) is 0 Å². The number of nitrogens with zero attached hydrogens (tertiary/aromatic N) is 1. The van der Waals surface area contributed by atoms with Crippen molar-refractivity contribution in [3.05, 3.63) is 54.1 Å². The molecule has 0 saturated heterocycles. The molecule has 0 fully saturated rings. The lowest BCUT2D eigenvalue weighted by atomic mass is 10.3. The van der Waals surface area contributed by atoms with Gasteiger partial charge < -0.3 is 0 Å². The highest BCUT2D eigenvalue weighted by molar-refractivity contribution is 9.10. The molecule has 0 spiro atoms. The van der Waals surface area contributed by atoms with Crippen molar-refractivity contribution in [3.8, 4) is 0 Å². The lowest BCUT2D eigenvalue weighted by Crippen LogP contribution is -2.22. The van der Waals surface area contributed by atoms with E-state index in [2.05, 4.69) is 20.7 Å². The first-order chi connectivity index (χ1) is 9.79. The highest BCUT2D eigenvalue weighted by Gasteiger charge is 2.20. The molecule has 1 heterocycles. The highest BCUT2D eigenvalue weighted by Crippen LogP contribution is 2.27. The van der Waals surface area contributed by atoms with Crippen molar-refractivity contribution in [1.82, 2.24) is 4.72 Å². The number of nitro benzene ring substituents is 1. The highest BCUT2D eigenvalue weighted by atomic mass is 79.9. The second-order valence-electron chi connectivity index (χ2n) is 3.93. The number of hydrogen-bond acceptors (Lipinski definition) is 5. The zero-order chi connectivity index (χ0) is 15.6. The van der Waals surface area contributed by atoms with Gasteiger partial charge in [-0.05, 0) is 34.1 Å². The van der Waals surface area contributed by atoms with E-state index < -0.39 is 20.6 Å². The number of halogens is 2. The Balaban J connectivity index is 2.23. The summed E-state index contributed by atoms with van der Waals surface area (Å²) in [6, 6.07) is 5.14. The maximum absolute atomic E-state index is 12.1. The fourth-order valence-electron chi connectivity index (χ4n) is 1.50. The maximum Gasteiger partial charge on any atom is 0.289 e. The van der Waals surface area contributed by atoms with Gasteiger partial charge >= 0.3 is 0 Å². The molecule has 0 bridgehead atoms. The number of nitrogens with one attached hydrogen (secondary N) is 1. The second kappa shape index (κ2) is 6.41. The molecule has 0 saturated carbocycles. The number of sulfonamides is 1. The van der Waals surface area contributed by atoms with Crippen molar-refractivity contribution in [2.24, 2.45) is 0 Å². The molecule has 0 amide bonds. The molecule has 0 aliphatic rings. The first-order valence-electron chi connectivity index (χ1n) is 5.46. The van der Waals surface area contributed by atoms with Crippen LogP contribution in [0.3, 0.4) is 0 Å². The minimum atomic E-state index is -3.84. The molecular weight excluding hydrogens is 404 g/mol. The van der Waals surface area contributed by atoms with Gasteiger partial charge in [0, 0.05) is 27.3 Å². The van der Waals surface area contributed by atoms with Crippen LogP contribution in [0.4, 0.5) is 5.69 Å². The van der Waals surface area contributed by atoms with Crippen LogP contribution in [0.25, 0.3) is 0 Å². The van der Waals surface area contributed by atoms with Gasteiger partial charge in [-0.25, -0.2) is 13.1 Å². The average Bonchev–Trinajstić information content (AvgIpc) is 2.82. The van der Waals surface area contributed by atoms with Crippen molar-refractivity contribution < 1.29 is 13.3 Å². The molecule has 0 radical (unpaired) electrons. The van der Waals surface area contributed by atoms with Gasteiger partial charge in [0.05, 0.1) is 9.82 Å². The van der Waals surface area contributed by atoms with E-state index >= 15 is 0 Å². The Bertz CT molecular complexity index is 791. The quantitative estimate of drug-likeness (QED) is 0.602. The zero-order valence-corrected chi connectivity index (χ0v) is 14.2. The fraction of sp³-hybridized carbons (Fsp3) is 0.0909. The van der Waals surface area contributed by atoms with Gasteiger partial charge in [-0.2, -0.15) is 0 Å². The molecule has 0 aliphatic heterocycles. The van der Waals surface area contributed by atoms with Crippen LogP contribution in [0.1, 0.15) is 4.88 Å². The molecule has 1 N–H and O–H groups in total. The first-order valence-corrected chi connectivity index (χ1v) is 8.99. The van der Waals surface area contributed by atoms with Crippen LogP contribution >= 0.6 is 38.9 Å². The molecule has 1 aromatic carbocycles. The molecule has 10 heteroatoms. The number of thiophene rings is 1. The summed E-state index contributed by atoms with van der Waals surface area (Å²) in [5.74, 6) is 0. The molecule has 0 atom stereocenters. The van der Waals surface area contributed by atoms with E-state index in [1.165, 1.54) is 23.5 Å². The van der Waals surface area contributed by atoms with E-state index in [0.29, 0.717) is 0 Å². The third-order valence-corrected chi connectivity index (χ3v) is 5.90. The maximum atomic E-state index is 12.1. The van der Waals surface area contributed by atoms with E-state index in [1.54, 1.807) is 6.07 Å². The average molecular weight is 412 g/mol. The Morgan fingerprint density at radius 2 is 2.10 bits per heavy atom. The lowest BCUT2D eigenvalue weighted by molar-refractivity contribution is -0.384. The van der Waals surface area contributed by atoms with Gasteiger partial charge in [-0.15, -0.1) is 11.3 Å². The first kappa shape index (κ1) is 16.4. The normalized spacial score (nSPS) is 11.5. The van der Waals surface area contributed by atoms with Gasteiger partial charge in [0.1, 0.15) is 5.02 Å². The van der Waals surface area contributed by atoms with Gasteiger partial charge in [0.15, 0.2) is 0 Å². The second-order valence-corrected chi connectivity index (χ2v) is 8.01. The summed E-state index contributed by atoms with van der Waals surface area (Å²) >= 11 is 10.3. The summed E-state index contributed by atoms with van der Waals surface area (Å²) in [7, 11) is -3.84. The van der Waals surface area contributed by atoms with E-state index in [9.17, 15) is 18.5 Å². The van der Waals surface area contributed by atoms with Crippen LogP contribution in [0.15, 0.2) is 39.0 Å². The van der Waals surface area contributed by atoms with E-state index in [-0.39, 0.29) is 16.5 Å². The third kappa shape index (κ3) is 4.01. The van der Waals surface area contributed by atoms with Crippen LogP contribution in [-0.4, -0.2) is 13.3 Å². The minimum absolute atomic E-state index is 0.106. The van der Waals surface area contributed by atoms with Crippen molar-refractivity contribution in [1.29, 1.82) is 0 Å². The van der Waals surface area contributed by atoms with Crippen molar-refractivity contribution in [2.75, 3.05) is 0 Å². The molecule has 2 rings (SSSR count). The smallest absolute Gasteiger partial charge is 0.258 e. The molecule has 0 aliphatic carbocycles. The zero-order valence-electron chi connectivity index (χ0n) is 10.2. The molecule has 21 heavy (non-hydrogen) atoms. The summed E-state index contributed by atoms with van der Waals surface area (Å²) in [6.07, 6.45) is 0. The molecular formula is C11H8BrClN2O4S2. The van der Waals surface area contributed by atoms with E-state index in [0.717, 1.165) is 15.4 Å². The monoisotopic (exact) mass is 410 g/mol. The fourth-order valence-corrected chi connectivity index (χ4v) is 4.19. The Hall–Kier alpha value is -1.000. The minimum Gasteiger partial charge on any atom is -0.258 e. The topological polar surface area (TPSA) is 89.3 Å². The van der Waals surface area contributed by atoms with Gasteiger partial charge in [0.25, 0.3) is 5.69 Å². The summed E-state index contributed by atoms with van der Waals surface area (Å²) in [4.78, 5) is 10.7. The number of rotatable bonds is 5. The van der Waals surface area contributed by atoms with Crippen molar-refractivity contribution in [3.63, 3.8) is 0 Å². The Labute approximate surface area is 138 Å². The van der Waals surface area contributed by atoms with Crippen LogP contribution in [-0.2, 0) is 16.6 Å². The van der Waals surface area contributed by atoms with Crippen molar-refractivity contribution in [2.45, 2.75) is 11.4 Å². The van der Waals surface area contributed by atoms with Crippen LogP contribution in [0.2, 0.25) is 5.02 Å². The predicted octanol–water partition coefficient (Wildman–Crippen LogP) is 3.55. The van der Waals surface area contributed by atoms with Crippen LogP contribution in [0, 0.1) is 10.1 Å². The summed E-state index contributed by atoms with van der Waals surface area (Å²) in [5, 5.41) is 12.5. The lowest BCUT2D eigenvalue weighted by Gasteiger charge is -2.06. The third-order valence-electron chi connectivity index (χ3n) is 2.48. The number of nitro groups is 1. The summed E-state index contributed by atoms with van der Waals surface area (Å²) < 4.78 is 27.5. The standard InChI is InChI=1S/C11H8BrClN2O4S2/c12-7-3-8(20-6-7)5-14-21(18,19)9-1-2-10(13)11(4-9)15(16)17/h1-4,6,14H,5H2.